The average Bonchev–Trinajstić information content (AvgIpc) is 1.97. The van der Waals surface area contributed by atoms with Crippen LogP contribution in [0.1, 0.15) is 33.6 Å². The third-order valence-electron chi connectivity index (χ3n) is 1.85. The van der Waals surface area contributed by atoms with E-state index in [2.05, 4.69) is 20.8 Å². The lowest BCUT2D eigenvalue weighted by molar-refractivity contribution is -0.137. The summed E-state index contributed by atoms with van der Waals surface area (Å²) < 4.78 is 0. The van der Waals surface area contributed by atoms with Crippen LogP contribution in [0, 0.1) is 5.92 Å². The van der Waals surface area contributed by atoms with E-state index in [1.165, 1.54) is 0 Å². The van der Waals surface area contributed by atoms with Crippen molar-refractivity contribution in [2.45, 2.75) is 38.9 Å². The summed E-state index contributed by atoms with van der Waals surface area (Å²) in [6.45, 7) is 6.57. The quantitative estimate of drug-likeness (QED) is 0.654. The van der Waals surface area contributed by atoms with E-state index < -0.39 is 5.97 Å². The number of carboxylic acids is 1. The summed E-state index contributed by atoms with van der Waals surface area (Å²) in [7, 11) is 0. The van der Waals surface area contributed by atoms with E-state index in [1.54, 1.807) is 0 Å². The molecule has 0 aromatic rings. The summed E-state index contributed by atoms with van der Waals surface area (Å²) in [4.78, 5) is 10.2. The summed E-state index contributed by atoms with van der Waals surface area (Å²) in [6.07, 6.45) is 1.09. The van der Waals surface area contributed by atoms with Crippen molar-refractivity contribution in [3.63, 3.8) is 0 Å². The highest BCUT2D eigenvalue weighted by atomic mass is 32.2. The molecule has 72 valence electrons. The average molecular weight is 190 g/mol. The first-order valence-corrected chi connectivity index (χ1v) is 5.42. The first kappa shape index (κ1) is 11.8. The van der Waals surface area contributed by atoms with Gasteiger partial charge in [-0.25, -0.2) is 0 Å². The number of hydrogen-bond donors (Lipinski definition) is 1. The van der Waals surface area contributed by atoms with Crippen LogP contribution in [0.2, 0.25) is 0 Å². The van der Waals surface area contributed by atoms with Crippen LogP contribution in [0.3, 0.4) is 0 Å². The largest absolute Gasteiger partial charge is 0.481 e. The van der Waals surface area contributed by atoms with Gasteiger partial charge in [-0.2, -0.15) is 11.8 Å². The molecular formula is C9H18O2S. The van der Waals surface area contributed by atoms with Crippen molar-refractivity contribution in [2.24, 2.45) is 5.92 Å². The lowest BCUT2D eigenvalue weighted by Crippen LogP contribution is -2.07. The van der Waals surface area contributed by atoms with Crippen LogP contribution in [0.5, 0.6) is 0 Å². The zero-order chi connectivity index (χ0) is 9.56. The molecule has 1 atom stereocenters. The van der Waals surface area contributed by atoms with Crippen molar-refractivity contribution < 1.29 is 9.90 Å². The third kappa shape index (κ3) is 6.53. The van der Waals surface area contributed by atoms with Crippen LogP contribution in [-0.4, -0.2) is 22.1 Å². The molecule has 0 aliphatic carbocycles. The lowest BCUT2D eigenvalue weighted by atomic mass is 10.2. The zero-order valence-electron chi connectivity index (χ0n) is 8.04. The van der Waals surface area contributed by atoms with Gasteiger partial charge in [0, 0.05) is 11.7 Å². The van der Waals surface area contributed by atoms with E-state index in [0.717, 1.165) is 12.2 Å². The Balaban J connectivity index is 3.25. The molecule has 3 heteroatoms. The van der Waals surface area contributed by atoms with Gasteiger partial charge < -0.3 is 5.11 Å². The Morgan fingerprint density at radius 1 is 1.42 bits per heavy atom. The second-order valence-corrected chi connectivity index (χ2v) is 4.80. The van der Waals surface area contributed by atoms with Crippen LogP contribution in [0.15, 0.2) is 0 Å². The van der Waals surface area contributed by atoms with E-state index in [1.807, 2.05) is 11.8 Å². The molecule has 0 bridgehead atoms. The topological polar surface area (TPSA) is 37.3 Å². The molecular weight excluding hydrogens is 172 g/mol. The van der Waals surface area contributed by atoms with Crippen LogP contribution >= 0.6 is 11.8 Å². The number of carboxylic acid groups (broad SMARTS) is 1. The number of carbonyl (C=O) groups is 1. The molecule has 12 heavy (non-hydrogen) atoms. The Kier molecular flexibility index (Phi) is 6.25. The summed E-state index contributed by atoms with van der Waals surface area (Å²) in [5.74, 6) is 0.957. The van der Waals surface area contributed by atoms with Crippen molar-refractivity contribution in [3.8, 4) is 0 Å². The predicted octanol–water partition coefficient (Wildman–Crippen LogP) is 2.63. The molecule has 0 aliphatic rings. The summed E-state index contributed by atoms with van der Waals surface area (Å²) in [5, 5.41) is 9.02. The Hall–Kier alpha value is -0.180. The van der Waals surface area contributed by atoms with Crippen LogP contribution in [0.25, 0.3) is 0 Å². The van der Waals surface area contributed by atoms with E-state index in [-0.39, 0.29) is 0 Å². The highest BCUT2D eigenvalue weighted by Crippen LogP contribution is 2.19. The van der Waals surface area contributed by atoms with Crippen molar-refractivity contribution in [1.29, 1.82) is 0 Å². The van der Waals surface area contributed by atoms with E-state index >= 15 is 0 Å². The van der Waals surface area contributed by atoms with Crippen molar-refractivity contribution in [2.75, 3.05) is 5.75 Å². The molecule has 0 aromatic carbocycles. The predicted molar refractivity (Wildman–Crippen MR) is 53.6 cm³/mol. The van der Waals surface area contributed by atoms with Gasteiger partial charge in [0.2, 0.25) is 0 Å². The fourth-order valence-corrected chi connectivity index (χ4v) is 1.75. The smallest absolute Gasteiger partial charge is 0.303 e. The molecule has 0 saturated heterocycles. The first-order valence-electron chi connectivity index (χ1n) is 4.37. The summed E-state index contributed by atoms with van der Waals surface area (Å²) in [6, 6.07) is 0. The van der Waals surface area contributed by atoms with Gasteiger partial charge in [0.1, 0.15) is 0 Å². The maximum absolute atomic E-state index is 10.2. The molecule has 0 saturated carbocycles. The fourth-order valence-electron chi connectivity index (χ4n) is 0.685. The SMILES string of the molecule is CC(C)C(C)SCCCC(=O)O. The van der Waals surface area contributed by atoms with Crippen LogP contribution < -0.4 is 0 Å². The Bertz CT molecular complexity index is 134. The molecule has 1 N–H and O–H groups in total. The zero-order valence-corrected chi connectivity index (χ0v) is 8.86. The maximum atomic E-state index is 10.2. The highest BCUT2D eigenvalue weighted by molar-refractivity contribution is 7.99. The summed E-state index contributed by atoms with van der Waals surface area (Å²) in [5.41, 5.74) is 0. The van der Waals surface area contributed by atoms with Gasteiger partial charge in [-0.15, -0.1) is 0 Å². The van der Waals surface area contributed by atoms with Crippen molar-refractivity contribution in [1.82, 2.24) is 0 Å². The van der Waals surface area contributed by atoms with Gasteiger partial charge in [0.05, 0.1) is 0 Å². The molecule has 0 amide bonds. The molecule has 0 spiro atoms. The number of rotatable bonds is 6. The summed E-state index contributed by atoms with van der Waals surface area (Å²) >= 11 is 1.86. The van der Waals surface area contributed by atoms with Gasteiger partial charge >= 0.3 is 5.97 Å². The van der Waals surface area contributed by atoms with Gasteiger partial charge in [-0.05, 0) is 18.1 Å². The Morgan fingerprint density at radius 3 is 2.42 bits per heavy atom. The molecule has 0 aliphatic heterocycles. The van der Waals surface area contributed by atoms with Gasteiger partial charge in [0.15, 0.2) is 0 Å². The van der Waals surface area contributed by atoms with Gasteiger partial charge in [-0.3, -0.25) is 4.79 Å². The third-order valence-corrected chi connectivity index (χ3v) is 3.45. The Labute approximate surface area is 78.7 Å². The van der Waals surface area contributed by atoms with E-state index in [0.29, 0.717) is 17.6 Å². The molecule has 0 radical (unpaired) electrons. The van der Waals surface area contributed by atoms with Gasteiger partial charge in [-0.1, -0.05) is 20.8 Å². The molecule has 0 rings (SSSR count). The van der Waals surface area contributed by atoms with Crippen LogP contribution in [-0.2, 0) is 4.79 Å². The molecule has 1 unspecified atom stereocenters. The molecule has 0 fully saturated rings. The second-order valence-electron chi connectivity index (χ2n) is 3.32. The minimum absolute atomic E-state index is 0.303. The second kappa shape index (κ2) is 6.35. The standard InChI is InChI=1S/C9H18O2S/c1-7(2)8(3)12-6-4-5-9(10)11/h7-8H,4-6H2,1-3H3,(H,10,11). The molecule has 0 heterocycles. The fraction of sp³-hybridized carbons (Fsp3) is 0.889. The number of thioether (sulfide) groups is 1. The Morgan fingerprint density at radius 2 is 2.00 bits per heavy atom. The maximum Gasteiger partial charge on any atom is 0.303 e. The van der Waals surface area contributed by atoms with Crippen molar-refractivity contribution in [3.05, 3.63) is 0 Å². The monoisotopic (exact) mass is 190 g/mol. The molecule has 2 nitrogen and oxygen atoms in total. The number of hydrogen-bond acceptors (Lipinski definition) is 2. The minimum atomic E-state index is -0.687. The highest BCUT2D eigenvalue weighted by Gasteiger charge is 2.06. The first-order chi connectivity index (χ1) is 5.54. The van der Waals surface area contributed by atoms with Crippen molar-refractivity contribution >= 4 is 17.7 Å². The van der Waals surface area contributed by atoms with E-state index in [4.69, 9.17) is 5.11 Å². The van der Waals surface area contributed by atoms with Crippen LogP contribution in [0.4, 0.5) is 0 Å². The van der Waals surface area contributed by atoms with E-state index in [9.17, 15) is 4.79 Å². The number of aliphatic carboxylic acids is 1. The van der Waals surface area contributed by atoms with Gasteiger partial charge in [0.25, 0.3) is 0 Å². The normalized spacial score (nSPS) is 13.3. The lowest BCUT2D eigenvalue weighted by Gasteiger charge is -2.13. The molecule has 0 aromatic heterocycles. The minimum Gasteiger partial charge on any atom is -0.481 e.